The fourth-order valence-corrected chi connectivity index (χ4v) is 5.44. The summed E-state index contributed by atoms with van der Waals surface area (Å²) in [6.45, 7) is 1.70. The van der Waals surface area contributed by atoms with Crippen LogP contribution < -0.4 is 5.73 Å². The van der Waals surface area contributed by atoms with E-state index in [2.05, 4.69) is 66.7 Å². The summed E-state index contributed by atoms with van der Waals surface area (Å²) in [4.78, 5) is 0. The molecule has 0 heterocycles. The maximum absolute atomic E-state index is 6.82. The molecule has 31 heavy (non-hydrogen) atoms. The predicted octanol–water partition coefficient (Wildman–Crippen LogP) is 6.70. The molecule has 162 valence electrons. The van der Waals surface area contributed by atoms with Crippen LogP contribution in [0.1, 0.15) is 60.3 Å². The van der Waals surface area contributed by atoms with Crippen LogP contribution in [0.5, 0.6) is 0 Å². The van der Waals surface area contributed by atoms with Crippen molar-refractivity contribution in [1.29, 1.82) is 0 Å². The first-order chi connectivity index (χ1) is 15.3. The zero-order valence-corrected chi connectivity index (χ0v) is 18.9. The molecule has 0 spiro atoms. The van der Waals surface area contributed by atoms with E-state index in [4.69, 9.17) is 22.1 Å². The second-order valence-electron chi connectivity index (χ2n) is 8.51. The van der Waals surface area contributed by atoms with Gasteiger partial charge in [-0.15, -0.1) is 0 Å². The predicted molar refractivity (Wildman–Crippen MR) is 130 cm³/mol. The minimum absolute atomic E-state index is 0.387. The summed E-state index contributed by atoms with van der Waals surface area (Å²) in [5.41, 5.74) is 10.3. The van der Waals surface area contributed by atoms with Gasteiger partial charge in [0.25, 0.3) is 0 Å². The van der Waals surface area contributed by atoms with Gasteiger partial charge in [-0.1, -0.05) is 97.2 Å². The third kappa shape index (κ3) is 4.72. The van der Waals surface area contributed by atoms with Crippen molar-refractivity contribution in [3.05, 3.63) is 106 Å². The van der Waals surface area contributed by atoms with Crippen LogP contribution in [0, 0.1) is 0 Å². The summed E-state index contributed by atoms with van der Waals surface area (Å²) < 4.78 is 5.88. The Morgan fingerprint density at radius 2 is 1.45 bits per heavy atom. The summed E-state index contributed by atoms with van der Waals surface area (Å²) in [7, 11) is 0. The van der Waals surface area contributed by atoms with E-state index in [0.29, 0.717) is 25.7 Å². The third-order valence-electron chi connectivity index (χ3n) is 6.71. The first-order valence-electron chi connectivity index (χ1n) is 11.4. The number of hydrogen-bond donors (Lipinski definition) is 1. The van der Waals surface area contributed by atoms with Crippen molar-refractivity contribution in [2.24, 2.45) is 5.73 Å². The van der Waals surface area contributed by atoms with Crippen LogP contribution in [-0.2, 0) is 10.2 Å². The van der Waals surface area contributed by atoms with Gasteiger partial charge < -0.3 is 10.5 Å². The van der Waals surface area contributed by atoms with Crippen LogP contribution in [0.4, 0.5) is 0 Å². The maximum Gasteiger partial charge on any atom is 0.0588 e. The highest BCUT2D eigenvalue weighted by molar-refractivity contribution is 6.31. The summed E-state index contributed by atoms with van der Waals surface area (Å²) in [6.07, 6.45) is 6.10. The first-order valence-corrected chi connectivity index (χ1v) is 11.8. The molecule has 3 heteroatoms. The molecule has 3 aromatic carbocycles. The minimum atomic E-state index is -0.387. The zero-order valence-electron chi connectivity index (χ0n) is 18.1. The average Bonchev–Trinajstić information content (AvgIpc) is 3.36. The summed E-state index contributed by atoms with van der Waals surface area (Å²) >= 11 is 6.82. The molecule has 1 atom stereocenters. The quantitative estimate of drug-likeness (QED) is 0.301. The molecule has 1 aliphatic carbocycles. The Hall–Kier alpha value is -2.13. The Morgan fingerprint density at radius 3 is 2.13 bits per heavy atom. The molecule has 0 amide bonds. The average molecular weight is 434 g/mol. The third-order valence-corrected chi connectivity index (χ3v) is 7.04. The van der Waals surface area contributed by atoms with Gasteiger partial charge in [-0.25, -0.2) is 0 Å². The lowest BCUT2D eigenvalue weighted by molar-refractivity contribution is 0.129. The molecule has 3 aromatic rings. The molecule has 2 nitrogen and oxygen atoms in total. The highest BCUT2D eigenvalue weighted by Crippen LogP contribution is 2.45. The standard InChI is InChI=1S/C28H32ClNO/c29-27-13-7-6-12-26(27)28(18-20-31-21-19-30,24-10-2-1-3-11-24)25-16-14-23(15-17-25)22-8-4-5-9-22/h1-3,6-7,10-17,22H,4-5,8-9,18-21,30H2. The molecule has 1 aliphatic rings. The normalized spacial score (nSPS) is 16.3. The smallest absolute Gasteiger partial charge is 0.0588 e. The van der Waals surface area contributed by atoms with E-state index in [1.807, 2.05) is 12.1 Å². The second kappa shape index (κ2) is 10.5. The fourth-order valence-electron chi connectivity index (χ4n) is 5.14. The molecule has 1 fully saturated rings. The lowest BCUT2D eigenvalue weighted by Crippen LogP contribution is -2.32. The van der Waals surface area contributed by atoms with Gasteiger partial charge in [0.15, 0.2) is 0 Å². The van der Waals surface area contributed by atoms with E-state index in [-0.39, 0.29) is 5.41 Å². The number of hydrogen-bond acceptors (Lipinski definition) is 2. The van der Waals surface area contributed by atoms with E-state index in [1.54, 1.807) is 0 Å². The molecule has 4 rings (SSSR count). The SMILES string of the molecule is NCCOCCC(c1ccccc1)(c1ccc(C2CCCC2)cc1)c1ccccc1Cl. The molecule has 0 radical (unpaired) electrons. The number of nitrogens with two attached hydrogens (primary N) is 1. The van der Waals surface area contributed by atoms with Crippen LogP contribution in [0.2, 0.25) is 5.02 Å². The summed E-state index contributed by atoms with van der Waals surface area (Å²) in [6, 6.07) is 28.2. The highest BCUT2D eigenvalue weighted by Gasteiger charge is 2.37. The largest absolute Gasteiger partial charge is 0.380 e. The molecule has 0 bridgehead atoms. The van der Waals surface area contributed by atoms with Crippen molar-refractivity contribution in [2.45, 2.75) is 43.4 Å². The molecular formula is C28H32ClNO. The van der Waals surface area contributed by atoms with Crippen LogP contribution >= 0.6 is 11.6 Å². The van der Waals surface area contributed by atoms with Crippen LogP contribution in [0.25, 0.3) is 0 Å². The molecule has 0 aromatic heterocycles. The van der Waals surface area contributed by atoms with Gasteiger partial charge in [0, 0.05) is 23.6 Å². The van der Waals surface area contributed by atoms with Crippen LogP contribution in [0.15, 0.2) is 78.9 Å². The molecule has 1 saturated carbocycles. The second-order valence-corrected chi connectivity index (χ2v) is 8.91. The lowest BCUT2D eigenvalue weighted by atomic mass is 9.67. The zero-order chi connectivity index (χ0) is 21.5. The van der Waals surface area contributed by atoms with Crippen molar-refractivity contribution in [2.75, 3.05) is 19.8 Å². The van der Waals surface area contributed by atoms with Crippen molar-refractivity contribution < 1.29 is 4.74 Å². The van der Waals surface area contributed by atoms with E-state index in [0.717, 1.165) is 17.0 Å². The lowest BCUT2D eigenvalue weighted by Gasteiger charge is -2.37. The fraction of sp³-hybridized carbons (Fsp3) is 0.357. The number of halogens is 1. The Kier molecular flexibility index (Phi) is 7.45. The topological polar surface area (TPSA) is 35.2 Å². The minimum Gasteiger partial charge on any atom is -0.380 e. The molecule has 0 saturated heterocycles. The van der Waals surface area contributed by atoms with Gasteiger partial charge >= 0.3 is 0 Å². The molecule has 2 N–H and O–H groups in total. The number of benzene rings is 3. The van der Waals surface area contributed by atoms with E-state index >= 15 is 0 Å². The van der Waals surface area contributed by atoms with E-state index < -0.39 is 0 Å². The van der Waals surface area contributed by atoms with Gasteiger partial charge in [-0.3, -0.25) is 0 Å². The van der Waals surface area contributed by atoms with Gasteiger partial charge in [0.05, 0.1) is 6.61 Å². The number of rotatable bonds is 9. The summed E-state index contributed by atoms with van der Waals surface area (Å²) in [5.74, 6) is 0.702. The Morgan fingerprint density at radius 1 is 0.806 bits per heavy atom. The Balaban J connectivity index is 1.83. The maximum atomic E-state index is 6.82. The van der Waals surface area contributed by atoms with Gasteiger partial charge in [-0.05, 0) is 53.5 Å². The van der Waals surface area contributed by atoms with Crippen molar-refractivity contribution in [3.63, 3.8) is 0 Å². The molecule has 1 unspecified atom stereocenters. The van der Waals surface area contributed by atoms with Gasteiger partial charge in [0.2, 0.25) is 0 Å². The van der Waals surface area contributed by atoms with Crippen molar-refractivity contribution in [3.8, 4) is 0 Å². The Labute approximate surface area is 191 Å². The monoisotopic (exact) mass is 433 g/mol. The van der Waals surface area contributed by atoms with Gasteiger partial charge in [0.1, 0.15) is 0 Å². The van der Waals surface area contributed by atoms with E-state index in [1.165, 1.54) is 42.4 Å². The van der Waals surface area contributed by atoms with Crippen molar-refractivity contribution >= 4 is 11.6 Å². The first kappa shape index (κ1) is 22.1. The molecule has 0 aliphatic heterocycles. The van der Waals surface area contributed by atoms with Crippen molar-refractivity contribution in [1.82, 2.24) is 0 Å². The van der Waals surface area contributed by atoms with E-state index in [9.17, 15) is 0 Å². The van der Waals surface area contributed by atoms with Crippen LogP contribution in [0.3, 0.4) is 0 Å². The van der Waals surface area contributed by atoms with Crippen LogP contribution in [-0.4, -0.2) is 19.8 Å². The Bertz CT molecular complexity index is 950. The summed E-state index contributed by atoms with van der Waals surface area (Å²) in [5, 5.41) is 0.782. The highest BCUT2D eigenvalue weighted by atomic mass is 35.5. The molecular weight excluding hydrogens is 402 g/mol. The van der Waals surface area contributed by atoms with Gasteiger partial charge in [-0.2, -0.15) is 0 Å². The number of ether oxygens (including phenoxy) is 1.